The van der Waals surface area contributed by atoms with Gasteiger partial charge in [0.15, 0.2) is 5.78 Å². The predicted molar refractivity (Wildman–Crippen MR) is 104 cm³/mol. The van der Waals surface area contributed by atoms with Crippen LogP contribution in [0.25, 0.3) is 15.8 Å². The molecule has 4 nitrogen and oxygen atoms in total. The van der Waals surface area contributed by atoms with Crippen LogP contribution in [0.1, 0.15) is 25.3 Å². The molecule has 26 heavy (non-hydrogen) atoms. The molecule has 1 aromatic heterocycles. The lowest BCUT2D eigenvalue weighted by atomic mass is 9.53. The zero-order valence-corrected chi connectivity index (χ0v) is 16.4. The van der Waals surface area contributed by atoms with Gasteiger partial charge < -0.3 is 9.47 Å². The lowest BCUT2D eigenvalue weighted by Crippen LogP contribution is -2.63. The van der Waals surface area contributed by atoms with E-state index in [1.807, 2.05) is 25.1 Å². The lowest BCUT2D eigenvalue weighted by molar-refractivity contribution is -0.241. The van der Waals surface area contributed by atoms with Crippen LogP contribution in [0.5, 0.6) is 0 Å². The molecule has 0 radical (unpaired) electrons. The zero-order valence-electron chi connectivity index (χ0n) is 15.5. The highest BCUT2D eigenvalue weighted by Crippen LogP contribution is 2.60. The molecule has 5 rings (SSSR count). The first-order valence-corrected chi connectivity index (χ1v) is 9.57. The van der Waals surface area contributed by atoms with Crippen molar-refractivity contribution in [2.45, 2.75) is 26.1 Å². The van der Waals surface area contributed by atoms with Crippen LogP contribution < -0.4 is 0 Å². The van der Waals surface area contributed by atoms with E-state index in [1.165, 1.54) is 0 Å². The number of nitrogens with zero attached hydrogens (tertiary/aromatic N) is 1. The van der Waals surface area contributed by atoms with Crippen molar-refractivity contribution in [1.29, 1.82) is 0 Å². The van der Waals surface area contributed by atoms with Gasteiger partial charge in [-0.2, -0.15) is 0 Å². The number of ether oxygens (including phenoxy) is 2. The van der Waals surface area contributed by atoms with Crippen molar-refractivity contribution in [3.8, 4) is 0 Å². The van der Waals surface area contributed by atoms with Gasteiger partial charge >= 0.3 is 0 Å². The smallest absolute Gasteiger partial charge is 0.236 e. The molecule has 3 atom stereocenters. The van der Waals surface area contributed by atoms with Crippen molar-refractivity contribution >= 4 is 32.9 Å². The van der Waals surface area contributed by atoms with Crippen molar-refractivity contribution in [1.82, 2.24) is 4.98 Å². The molecule has 0 spiro atoms. The van der Waals surface area contributed by atoms with Gasteiger partial charge in [-0.3, -0.25) is 4.79 Å². The van der Waals surface area contributed by atoms with Gasteiger partial charge in [0.2, 0.25) is 5.79 Å². The fraction of sp³-hybridized carbons (Fsp3) is 0.429. The van der Waals surface area contributed by atoms with Gasteiger partial charge in [-0.1, -0.05) is 37.3 Å². The number of fused-ring (bicyclic) bond motifs is 3. The van der Waals surface area contributed by atoms with E-state index in [0.717, 1.165) is 32.8 Å². The quantitative estimate of drug-likeness (QED) is 0.589. The van der Waals surface area contributed by atoms with Crippen LogP contribution in [0, 0.1) is 17.3 Å². The van der Waals surface area contributed by atoms with Gasteiger partial charge in [0, 0.05) is 25.6 Å². The number of para-hydroxylation sites is 1. The van der Waals surface area contributed by atoms with Crippen LogP contribution >= 0.6 is 11.3 Å². The van der Waals surface area contributed by atoms with Gasteiger partial charge in [-0.05, 0) is 31.1 Å². The topological polar surface area (TPSA) is 48.4 Å². The molecule has 0 amide bonds. The first-order valence-electron chi connectivity index (χ1n) is 8.75. The Morgan fingerprint density at radius 3 is 2.62 bits per heavy atom. The Kier molecular flexibility index (Phi) is 3.95. The van der Waals surface area contributed by atoms with Gasteiger partial charge in [-0.25, -0.2) is 4.98 Å². The summed E-state index contributed by atoms with van der Waals surface area (Å²) in [6, 6.07) is 8.09. The summed E-state index contributed by atoms with van der Waals surface area (Å²) in [4.78, 5) is 18.1. The maximum atomic E-state index is 13.3. The Balaban J connectivity index is 1.91. The number of Topliss-reactive ketones (excluding diaryl/α,β-unsaturated/α-hetero) is 1. The summed E-state index contributed by atoms with van der Waals surface area (Å²) < 4.78 is 12.6. The minimum atomic E-state index is -1.25. The van der Waals surface area contributed by atoms with Crippen LogP contribution in [-0.2, 0) is 14.3 Å². The van der Waals surface area contributed by atoms with Gasteiger partial charge in [0.1, 0.15) is 5.01 Å². The second-order valence-corrected chi connectivity index (χ2v) is 8.51. The van der Waals surface area contributed by atoms with Crippen LogP contribution in [0.2, 0.25) is 0 Å². The third-order valence-corrected chi connectivity index (χ3v) is 7.33. The Morgan fingerprint density at radius 2 is 2.00 bits per heavy atom. The maximum absolute atomic E-state index is 13.3. The van der Waals surface area contributed by atoms with Crippen molar-refractivity contribution in [2.24, 2.45) is 17.3 Å². The van der Waals surface area contributed by atoms with Crippen molar-refractivity contribution in [3.63, 3.8) is 0 Å². The molecule has 3 aliphatic rings. The van der Waals surface area contributed by atoms with E-state index in [0.29, 0.717) is 0 Å². The monoisotopic (exact) mass is 369 g/mol. The second kappa shape index (κ2) is 5.84. The summed E-state index contributed by atoms with van der Waals surface area (Å²) in [7, 11) is 3.10. The third-order valence-electron chi connectivity index (χ3n) is 6.24. The van der Waals surface area contributed by atoms with E-state index in [2.05, 4.69) is 25.6 Å². The molecule has 1 fully saturated rings. The molecular formula is C21H23NO3S. The van der Waals surface area contributed by atoms with E-state index in [9.17, 15) is 4.79 Å². The molecule has 1 saturated carbocycles. The highest BCUT2D eigenvalue weighted by Gasteiger charge is 2.64. The average molecular weight is 369 g/mol. The van der Waals surface area contributed by atoms with Crippen LogP contribution in [0.3, 0.4) is 0 Å². The third kappa shape index (κ3) is 2.14. The first-order chi connectivity index (χ1) is 12.4. The Hall–Kier alpha value is -1.82. The Morgan fingerprint density at radius 1 is 1.31 bits per heavy atom. The number of aromatic nitrogens is 1. The highest BCUT2D eigenvalue weighted by atomic mass is 32.1. The van der Waals surface area contributed by atoms with Gasteiger partial charge in [-0.15, -0.1) is 11.3 Å². The SMILES string of the molecule is C=C(C)C1(C)CC2C(c3nc4ccccc4s3)=CC1C(=O)C2(OC)OC. The number of allylic oxidation sites excluding steroid dienone is 2. The fourth-order valence-electron chi connectivity index (χ4n) is 4.46. The number of hydrogen-bond donors (Lipinski definition) is 0. The summed E-state index contributed by atoms with van der Waals surface area (Å²) in [5, 5.41) is 0.941. The summed E-state index contributed by atoms with van der Waals surface area (Å²) in [5.74, 6) is -1.81. The zero-order chi connectivity index (χ0) is 18.7. The standard InChI is InChI=1S/C21H23NO3S/c1-12(2)20(3)11-15-13(10-14(20)18(23)21(15,24-4)25-5)19-22-16-8-6-7-9-17(16)26-19/h6-10,14-15H,1,11H2,2-5H3. The van der Waals surface area contributed by atoms with Crippen LogP contribution in [0.4, 0.5) is 0 Å². The number of carbonyl (C=O) groups is 1. The molecule has 0 N–H and O–H groups in total. The summed E-state index contributed by atoms with van der Waals surface area (Å²) in [5.41, 5.74) is 2.76. The van der Waals surface area contributed by atoms with Crippen molar-refractivity contribution in [2.75, 3.05) is 14.2 Å². The predicted octanol–water partition coefficient (Wildman–Crippen LogP) is 4.47. The summed E-state index contributed by atoms with van der Waals surface area (Å²) in [6.45, 7) is 8.28. The minimum absolute atomic E-state index is 0.0193. The van der Waals surface area contributed by atoms with E-state index >= 15 is 0 Å². The molecule has 5 heteroatoms. The maximum Gasteiger partial charge on any atom is 0.236 e. The molecule has 1 aromatic carbocycles. The number of rotatable bonds is 4. The van der Waals surface area contributed by atoms with Crippen LogP contribution in [0.15, 0.2) is 42.5 Å². The summed E-state index contributed by atoms with van der Waals surface area (Å²) in [6.07, 6.45) is 2.83. The van der Waals surface area contributed by atoms with Crippen molar-refractivity contribution in [3.05, 3.63) is 47.5 Å². The first kappa shape index (κ1) is 17.6. The number of benzene rings is 1. The molecule has 1 heterocycles. The molecule has 2 aromatic rings. The number of hydrogen-bond acceptors (Lipinski definition) is 5. The fourth-order valence-corrected chi connectivity index (χ4v) is 5.50. The molecule has 3 aliphatic carbocycles. The molecule has 0 aliphatic heterocycles. The Labute approximate surface area is 157 Å². The normalized spacial score (nSPS) is 29.8. The Bertz CT molecular complexity index is 907. The molecule has 3 unspecified atom stereocenters. The van der Waals surface area contributed by atoms with Gasteiger partial charge in [0.05, 0.1) is 16.1 Å². The van der Waals surface area contributed by atoms with E-state index in [1.54, 1.807) is 25.6 Å². The van der Waals surface area contributed by atoms with E-state index in [4.69, 9.17) is 14.5 Å². The number of carbonyl (C=O) groups excluding carboxylic acids is 1. The van der Waals surface area contributed by atoms with Crippen molar-refractivity contribution < 1.29 is 14.3 Å². The molecule has 2 bridgehead atoms. The van der Waals surface area contributed by atoms with E-state index < -0.39 is 5.79 Å². The average Bonchev–Trinajstić information content (AvgIpc) is 3.06. The second-order valence-electron chi connectivity index (χ2n) is 7.48. The molecule has 136 valence electrons. The van der Waals surface area contributed by atoms with E-state index in [-0.39, 0.29) is 23.0 Å². The highest BCUT2D eigenvalue weighted by molar-refractivity contribution is 7.19. The largest absolute Gasteiger partial charge is 0.346 e. The number of methoxy groups -OCH3 is 2. The van der Waals surface area contributed by atoms with Crippen LogP contribution in [-0.4, -0.2) is 30.8 Å². The number of ketones is 1. The molecule has 0 saturated heterocycles. The minimum Gasteiger partial charge on any atom is -0.346 e. The lowest BCUT2D eigenvalue weighted by Gasteiger charge is -2.55. The summed E-state index contributed by atoms with van der Waals surface area (Å²) >= 11 is 1.65. The molecular weight excluding hydrogens is 346 g/mol. The number of thiazole rings is 1. The van der Waals surface area contributed by atoms with Gasteiger partial charge in [0.25, 0.3) is 0 Å².